The van der Waals surface area contributed by atoms with Crippen molar-refractivity contribution in [1.29, 1.82) is 0 Å². The molecule has 2 aromatic rings. The monoisotopic (exact) mass is 369 g/mol. The molecule has 0 saturated carbocycles. The van der Waals surface area contributed by atoms with E-state index in [2.05, 4.69) is 15.9 Å². The average Bonchev–Trinajstić information content (AvgIpc) is 2.46. The van der Waals surface area contributed by atoms with Crippen molar-refractivity contribution in [3.8, 4) is 0 Å². The number of benzene rings is 2. The molecule has 1 amide bonds. The number of hydrogen-bond acceptors (Lipinski definition) is 1. The van der Waals surface area contributed by atoms with Gasteiger partial charge in [0.1, 0.15) is 5.82 Å². The summed E-state index contributed by atoms with van der Waals surface area (Å²) in [4.78, 5) is 14.0. The van der Waals surface area contributed by atoms with Crippen LogP contribution < -0.4 is 0 Å². The third-order valence-electron chi connectivity index (χ3n) is 3.43. The van der Waals surface area contributed by atoms with E-state index < -0.39 is 5.82 Å². The quantitative estimate of drug-likeness (QED) is 0.738. The second-order valence-electron chi connectivity index (χ2n) is 4.74. The summed E-state index contributed by atoms with van der Waals surface area (Å²) in [5, 5.41) is 0.636. The minimum Gasteiger partial charge on any atom is -0.335 e. The van der Waals surface area contributed by atoms with E-state index in [0.717, 1.165) is 5.56 Å². The van der Waals surface area contributed by atoms with E-state index in [9.17, 15) is 9.18 Å². The Bertz CT molecular complexity index is 640. The number of rotatable bonds is 3. The van der Waals surface area contributed by atoms with Gasteiger partial charge in [0.05, 0.1) is 11.6 Å². The van der Waals surface area contributed by atoms with Crippen molar-refractivity contribution >= 4 is 33.4 Å². The highest BCUT2D eigenvalue weighted by Crippen LogP contribution is 2.26. The Balaban J connectivity index is 2.28. The Hall–Kier alpha value is -1.39. The summed E-state index contributed by atoms with van der Waals surface area (Å²) in [5.41, 5.74) is 0.975. The van der Waals surface area contributed by atoms with Gasteiger partial charge < -0.3 is 4.90 Å². The molecule has 0 bridgehead atoms. The third-order valence-corrected chi connectivity index (χ3v) is 4.34. The second kappa shape index (κ2) is 6.58. The van der Waals surface area contributed by atoms with Gasteiger partial charge in [0.2, 0.25) is 0 Å². The van der Waals surface area contributed by atoms with Crippen LogP contribution in [0.5, 0.6) is 0 Å². The highest BCUT2D eigenvalue weighted by Gasteiger charge is 2.23. The van der Waals surface area contributed by atoms with Crippen LogP contribution >= 0.6 is 27.5 Å². The lowest BCUT2D eigenvalue weighted by Crippen LogP contribution is -2.30. The van der Waals surface area contributed by atoms with Crippen LogP contribution in [0.2, 0.25) is 5.02 Å². The predicted octanol–water partition coefficient (Wildman–Crippen LogP) is 5.07. The Morgan fingerprint density at radius 2 is 1.86 bits per heavy atom. The molecule has 0 aliphatic carbocycles. The van der Waals surface area contributed by atoms with Crippen molar-refractivity contribution in [3.05, 3.63) is 68.9 Å². The molecular formula is C16H14BrClFNO. The molecule has 2 aromatic carbocycles. The zero-order chi connectivity index (χ0) is 15.6. The molecule has 0 radical (unpaired) electrons. The predicted molar refractivity (Wildman–Crippen MR) is 86.1 cm³/mol. The lowest BCUT2D eigenvalue weighted by molar-refractivity contribution is 0.0737. The highest BCUT2D eigenvalue weighted by molar-refractivity contribution is 9.10. The van der Waals surface area contributed by atoms with Gasteiger partial charge in [-0.25, -0.2) is 4.39 Å². The molecule has 0 aromatic heterocycles. The summed E-state index contributed by atoms with van der Waals surface area (Å²) in [6, 6.07) is 11.5. The topological polar surface area (TPSA) is 20.3 Å². The van der Waals surface area contributed by atoms with E-state index in [0.29, 0.717) is 9.50 Å². The maximum Gasteiger partial charge on any atom is 0.258 e. The normalized spacial score (nSPS) is 12.0. The Morgan fingerprint density at radius 1 is 1.24 bits per heavy atom. The Kier molecular flexibility index (Phi) is 5.01. The molecule has 110 valence electrons. The minimum atomic E-state index is -0.537. The molecular weight excluding hydrogens is 357 g/mol. The summed E-state index contributed by atoms with van der Waals surface area (Å²) >= 11 is 9.09. The zero-order valence-corrected chi connectivity index (χ0v) is 14.0. The van der Waals surface area contributed by atoms with E-state index in [1.165, 1.54) is 11.0 Å². The van der Waals surface area contributed by atoms with Crippen molar-refractivity contribution in [2.24, 2.45) is 0 Å². The molecule has 2 nitrogen and oxygen atoms in total. The van der Waals surface area contributed by atoms with Crippen LogP contribution in [0.15, 0.2) is 46.9 Å². The fourth-order valence-electron chi connectivity index (χ4n) is 2.02. The van der Waals surface area contributed by atoms with Gasteiger partial charge >= 0.3 is 0 Å². The number of halogens is 3. The first-order valence-electron chi connectivity index (χ1n) is 6.38. The standard InChI is InChI=1S/C16H14BrClFNO/c1-10(11-6-8-12(18)9-7-11)20(2)16(21)15-13(17)4-3-5-14(15)19/h3-10H,1-2H3. The van der Waals surface area contributed by atoms with Gasteiger partial charge in [-0.1, -0.05) is 29.8 Å². The summed E-state index contributed by atoms with van der Waals surface area (Å²) in [7, 11) is 1.65. The van der Waals surface area contributed by atoms with E-state index in [1.807, 2.05) is 19.1 Å². The van der Waals surface area contributed by atoms with Crippen LogP contribution in [-0.4, -0.2) is 17.9 Å². The minimum absolute atomic E-state index is 0.0424. The molecule has 0 spiro atoms. The molecule has 0 saturated heterocycles. The molecule has 0 heterocycles. The van der Waals surface area contributed by atoms with E-state index in [4.69, 9.17) is 11.6 Å². The lowest BCUT2D eigenvalue weighted by Gasteiger charge is -2.26. The maximum absolute atomic E-state index is 13.9. The fourth-order valence-corrected chi connectivity index (χ4v) is 2.66. The maximum atomic E-state index is 13.9. The first-order chi connectivity index (χ1) is 9.91. The summed E-state index contributed by atoms with van der Waals surface area (Å²) in [5.74, 6) is -0.910. The molecule has 1 atom stereocenters. The van der Waals surface area contributed by atoms with Crippen LogP contribution in [-0.2, 0) is 0 Å². The fraction of sp³-hybridized carbons (Fsp3) is 0.188. The number of carbonyl (C=O) groups excluding carboxylic acids is 1. The molecule has 21 heavy (non-hydrogen) atoms. The second-order valence-corrected chi connectivity index (χ2v) is 6.03. The van der Waals surface area contributed by atoms with Gasteiger partial charge in [0, 0.05) is 16.5 Å². The number of hydrogen-bond donors (Lipinski definition) is 0. The third kappa shape index (κ3) is 3.44. The van der Waals surface area contributed by atoms with Crippen LogP contribution in [0.4, 0.5) is 4.39 Å². The van der Waals surface area contributed by atoms with E-state index in [1.54, 1.807) is 31.3 Å². The van der Waals surface area contributed by atoms with E-state index >= 15 is 0 Å². The van der Waals surface area contributed by atoms with Crippen LogP contribution in [0.3, 0.4) is 0 Å². The number of carbonyl (C=O) groups is 1. The van der Waals surface area contributed by atoms with Crippen molar-refractivity contribution in [1.82, 2.24) is 4.90 Å². The van der Waals surface area contributed by atoms with Gasteiger partial charge in [-0.05, 0) is 52.7 Å². The number of amides is 1. The first kappa shape index (κ1) is 16.0. The average molecular weight is 371 g/mol. The lowest BCUT2D eigenvalue weighted by atomic mass is 10.1. The van der Waals surface area contributed by atoms with Gasteiger partial charge in [0.25, 0.3) is 5.91 Å². The number of nitrogens with zero attached hydrogens (tertiary/aromatic N) is 1. The molecule has 0 N–H and O–H groups in total. The largest absolute Gasteiger partial charge is 0.335 e. The molecule has 1 unspecified atom stereocenters. The Morgan fingerprint density at radius 3 is 2.43 bits per heavy atom. The van der Waals surface area contributed by atoms with Crippen LogP contribution in [0.1, 0.15) is 28.9 Å². The van der Waals surface area contributed by atoms with Crippen molar-refractivity contribution < 1.29 is 9.18 Å². The van der Waals surface area contributed by atoms with Gasteiger partial charge in [0.15, 0.2) is 0 Å². The van der Waals surface area contributed by atoms with E-state index in [-0.39, 0.29) is 17.5 Å². The van der Waals surface area contributed by atoms with Crippen LogP contribution in [0.25, 0.3) is 0 Å². The molecule has 5 heteroatoms. The van der Waals surface area contributed by atoms with Gasteiger partial charge in [-0.2, -0.15) is 0 Å². The molecule has 0 aliphatic rings. The van der Waals surface area contributed by atoms with Crippen molar-refractivity contribution in [2.75, 3.05) is 7.05 Å². The summed E-state index contributed by atoms with van der Waals surface area (Å²) in [6.07, 6.45) is 0. The summed E-state index contributed by atoms with van der Waals surface area (Å²) in [6.45, 7) is 1.88. The van der Waals surface area contributed by atoms with Crippen LogP contribution in [0, 0.1) is 5.82 Å². The molecule has 0 aliphatic heterocycles. The zero-order valence-electron chi connectivity index (χ0n) is 11.6. The first-order valence-corrected chi connectivity index (χ1v) is 7.55. The molecule has 0 fully saturated rings. The summed E-state index contributed by atoms with van der Waals surface area (Å²) < 4.78 is 14.3. The van der Waals surface area contributed by atoms with Gasteiger partial charge in [-0.3, -0.25) is 4.79 Å². The smallest absolute Gasteiger partial charge is 0.258 e. The molecule has 2 rings (SSSR count). The van der Waals surface area contributed by atoms with Crippen molar-refractivity contribution in [3.63, 3.8) is 0 Å². The van der Waals surface area contributed by atoms with Gasteiger partial charge in [-0.15, -0.1) is 0 Å². The highest BCUT2D eigenvalue weighted by atomic mass is 79.9. The SMILES string of the molecule is CC(c1ccc(Cl)cc1)N(C)C(=O)c1c(F)cccc1Br. The Labute approximate surface area is 136 Å². The van der Waals surface area contributed by atoms with Crippen molar-refractivity contribution in [2.45, 2.75) is 13.0 Å².